The summed E-state index contributed by atoms with van der Waals surface area (Å²) in [6, 6.07) is 1.92. The Hall–Kier alpha value is -1.87. The second-order valence-electron chi connectivity index (χ2n) is 3.29. The monoisotopic (exact) mass is 205 g/mol. The highest BCUT2D eigenvalue weighted by Crippen LogP contribution is 2.16. The van der Waals surface area contributed by atoms with Crippen LogP contribution in [0.1, 0.15) is 12.1 Å². The molecule has 2 rings (SSSR count). The summed E-state index contributed by atoms with van der Waals surface area (Å²) in [6.45, 7) is 1.68. The minimum atomic E-state index is 0.0493. The Morgan fingerprint density at radius 2 is 2.53 bits per heavy atom. The lowest BCUT2D eigenvalue weighted by molar-refractivity contribution is 0.212. The van der Waals surface area contributed by atoms with E-state index in [9.17, 15) is 0 Å². The van der Waals surface area contributed by atoms with Crippen LogP contribution in [-0.4, -0.2) is 29.2 Å². The quantitative estimate of drug-likeness (QED) is 0.686. The van der Waals surface area contributed by atoms with Gasteiger partial charge >= 0.3 is 0 Å². The third kappa shape index (κ3) is 2.14. The maximum atomic E-state index is 8.79. The number of aromatic nitrogens is 2. The molecule has 0 spiro atoms. The fourth-order valence-corrected chi connectivity index (χ4v) is 1.43. The van der Waals surface area contributed by atoms with E-state index in [4.69, 9.17) is 15.7 Å². The summed E-state index contributed by atoms with van der Waals surface area (Å²) in [4.78, 5) is 7.79. The van der Waals surface area contributed by atoms with Crippen LogP contribution < -0.4 is 15.8 Å². The molecule has 2 heterocycles. The van der Waals surface area contributed by atoms with Gasteiger partial charge in [-0.05, 0) is 13.0 Å². The molecule has 6 nitrogen and oxygen atoms in total. The average molecular weight is 205 g/mol. The van der Waals surface area contributed by atoms with Crippen molar-refractivity contribution in [2.24, 2.45) is 0 Å². The second-order valence-corrected chi connectivity index (χ2v) is 3.29. The first kappa shape index (κ1) is 9.68. The average Bonchev–Trinajstić information content (AvgIpc) is 2.71. The zero-order valence-electron chi connectivity index (χ0n) is 8.10. The van der Waals surface area contributed by atoms with Crippen molar-refractivity contribution in [2.45, 2.75) is 12.5 Å². The number of hydrogen-bond donors (Lipinski definition) is 2. The van der Waals surface area contributed by atoms with E-state index in [0.717, 1.165) is 19.5 Å². The van der Waals surface area contributed by atoms with Crippen LogP contribution in [0.2, 0.25) is 0 Å². The molecule has 1 aliphatic rings. The molecule has 6 heteroatoms. The molecule has 0 amide bonds. The van der Waals surface area contributed by atoms with Gasteiger partial charge in [0.25, 0.3) is 5.88 Å². The smallest absolute Gasteiger partial charge is 0.253 e. The van der Waals surface area contributed by atoms with Crippen molar-refractivity contribution in [3.63, 3.8) is 0 Å². The molecule has 0 saturated carbocycles. The van der Waals surface area contributed by atoms with Crippen molar-refractivity contribution in [3.8, 4) is 11.9 Å². The van der Waals surface area contributed by atoms with Crippen LogP contribution in [0, 0.1) is 11.3 Å². The van der Waals surface area contributed by atoms with E-state index in [1.807, 2.05) is 6.07 Å². The molecule has 1 fully saturated rings. The second kappa shape index (κ2) is 4.11. The molecule has 1 atom stereocenters. The molecule has 0 aliphatic carbocycles. The van der Waals surface area contributed by atoms with E-state index >= 15 is 0 Å². The highest BCUT2D eigenvalue weighted by atomic mass is 16.5. The van der Waals surface area contributed by atoms with Gasteiger partial charge in [0.15, 0.2) is 0 Å². The van der Waals surface area contributed by atoms with Crippen LogP contribution in [0.5, 0.6) is 5.88 Å². The maximum Gasteiger partial charge on any atom is 0.253 e. The van der Waals surface area contributed by atoms with Crippen molar-refractivity contribution in [1.29, 1.82) is 5.26 Å². The van der Waals surface area contributed by atoms with Crippen LogP contribution in [0.25, 0.3) is 0 Å². The van der Waals surface area contributed by atoms with E-state index < -0.39 is 0 Å². The SMILES string of the molecule is N#Cc1ncc(N)nc1OC1CCNC1. The molecule has 0 aromatic carbocycles. The lowest BCUT2D eigenvalue weighted by Gasteiger charge is -2.11. The minimum absolute atomic E-state index is 0.0493. The van der Waals surface area contributed by atoms with Gasteiger partial charge in [-0.15, -0.1) is 0 Å². The molecule has 0 bridgehead atoms. The van der Waals surface area contributed by atoms with E-state index in [1.165, 1.54) is 6.20 Å². The molecule has 1 saturated heterocycles. The normalized spacial score (nSPS) is 19.8. The number of nitrogens with zero attached hydrogens (tertiary/aromatic N) is 3. The molecule has 1 aromatic heterocycles. The molecule has 0 radical (unpaired) electrons. The van der Waals surface area contributed by atoms with Gasteiger partial charge in [-0.25, -0.2) is 4.98 Å². The van der Waals surface area contributed by atoms with Crippen LogP contribution in [-0.2, 0) is 0 Å². The first-order valence-corrected chi connectivity index (χ1v) is 4.69. The van der Waals surface area contributed by atoms with E-state index in [1.54, 1.807) is 0 Å². The number of rotatable bonds is 2. The molecule has 15 heavy (non-hydrogen) atoms. The fourth-order valence-electron chi connectivity index (χ4n) is 1.43. The van der Waals surface area contributed by atoms with E-state index in [2.05, 4.69) is 15.3 Å². The Morgan fingerprint density at radius 1 is 1.67 bits per heavy atom. The molecular weight excluding hydrogens is 194 g/mol. The summed E-state index contributed by atoms with van der Waals surface area (Å²) in [5.41, 5.74) is 5.65. The largest absolute Gasteiger partial charge is 0.471 e. The number of hydrogen-bond acceptors (Lipinski definition) is 6. The predicted molar refractivity (Wildman–Crippen MR) is 53.1 cm³/mol. The maximum absolute atomic E-state index is 8.79. The molecule has 78 valence electrons. The van der Waals surface area contributed by atoms with Crippen molar-refractivity contribution >= 4 is 5.82 Å². The van der Waals surface area contributed by atoms with Gasteiger partial charge in [0.1, 0.15) is 18.0 Å². The fraction of sp³-hybridized carbons (Fsp3) is 0.444. The summed E-state index contributed by atoms with van der Waals surface area (Å²) < 4.78 is 5.54. The predicted octanol–water partition coefficient (Wildman–Crippen LogP) is -0.329. The third-order valence-electron chi connectivity index (χ3n) is 2.16. The molecule has 1 aromatic rings. The Morgan fingerprint density at radius 3 is 3.20 bits per heavy atom. The highest BCUT2D eigenvalue weighted by Gasteiger charge is 2.19. The number of anilines is 1. The summed E-state index contributed by atoms with van der Waals surface area (Å²) in [6.07, 6.45) is 2.30. The molecular formula is C9H11N5O. The van der Waals surface area contributed by atoms with Gasteiger partial charge in [-0.3, -0.25) is 0 Å². The van der Waals surface area contributed by atoms with Gasteiger partial charge in [-0.1, -0.05) is 0 Å². The van der Waals surface area contributed by atoms with Crippen molar-refractivity contribution in [2.75, 3.05) is 18.8 Å². The first-order valence-electron chi connectivity index (χ1n) is 4.69. The van der Waals surface area contributed by atoms with Gasteiger partial charge in [0.05, 0.1) is 6.20 Å². The van der Waals surface area contributed by atoms with Crippen molar-refractivity contribution in [1.82, 2.24) is 15.3 Å². The topological polar surface area (TPSA) is 96.9 Å². The first-order chi connectivity index (χ1) is 7.29. The summed E-state index contributed by atoms with van der Waals surface area (Å²) in [5.74, 6) is 0.487. The zero-order valence-corrected chi connectivity index (χ0v) is 8.10. The number of ether oxygens (including phenoxy) is 1. The van der Waals surface area contributed by atoms with Crippen LogP contribution in [0.4, 0.5) is 5.82 Å². The highest BCUT2D eigenvalue weighted by molar-refractivity contribution is 5.37. The van der Waals surface area contributed by atoms with Gasteiger partial charge in [-0.2, -0.15) is 10.2 Å². The summed E-state index contributed by atoms with van der Waals surface area (Å²) in [5, 5.41) is 12.0. The summed E-state index contributed by atoms with van der Waals surface area (Å²) in [7, 11) is 0. The van der Waals surface area contributed by atoms with Crippen LogP contribution >= 0.6 is 0 Å². The van der Waals surface area contributed by atoms with Gasteiger partial charge < -0.3 is 15.8 Å². The Labute approximate surface area is 87.1 Å². The number of nitrogens with two attached hydrogens (primary N) is 1. The Bertz CT molecular complexity index is 394. The van der Waals surface area contributed by atoms with Gasteiger partial charge in [0, 0.05) is 6.54 Å². The van der Waals surface area contributed by atoms with Crippen LogP contribution in [0.15, 0.2) is 6.20 Å². The molecule has 3 N–H and O–H groups in total. The van der Waals surface area contributed by atoms with E-state index in [0.29, 0.717) is 0 Å². The van der Waals surface area contributed by atoms with E-state index in [-0.39, 0.29) is 23.5 Å². The number of nitrogens with one attached hydrogen (secondary N) is 1. The Kier molecular flexibility index (Phi) is 2.65. The number of nitriles is 1. The lowest BCUT2D eigenvalue weighted by Crippen LogP contribution is -2.21. The minimum Gasteiger partial charge on any atom is -0.471 e. The third-order valence-corrected chi connectivity index (χ3v) is 2.16. The van der Waals surface area contributed by atoms with Crippen LogP contribution in [0.3, 0.4) is 0 Å². The zero-order chi connectivity index (χ0) is 10.7. The lowest BCUT2D eigenvalue weighted by atomic mass is 10.3. The van der Waals surface area contributed by atoms with Crippen molar-refractivity contribution in [3.05, 3.63) is 11.9 Å². The Balaban J connectivity index is 2.18. The van der Waals surface area contributed by atoms with Crippen molar-refractivity contribution < 1.29 is 4.74 Å². The molecule has 1 unspecified atom stereocenters. The molecule has 1 aliphatic heterocycles. The van der Waals surface area contributed by atoms with Gasteiger partial charge in [0.2, 0.25) is 5.69 Å². The number of nitrogen functional groups attached to an aromatic ring is 1. The summed E-state index contributed by atoms with van der Waals surface area (Å²) >= 11 is 0. The standard InChI is InChI=1S/C9H11N5O/c10-3-7-9(14-8(11)5-13-7)15-6-1-2-12-4-6/h5-6,12H,1-2,4H2,(H2,11,14).